The van der Waals surface area contributed by atoms with Crippen molar-refractivity contribution in [2.45, 2.75) is 41.5 Å². The smallest absolute Gasteiger partial charge is 0.150 e. The number of hydrogen-bond donors (Lipinski definition) is 0. The van der Waals surface area contributed by atoms with Crippen molar-refractivity contribution >= 4 is 46.7 Å². The second-order valence-corrected chi connectivity index (χ2v) is 12.6. The van der Waals surface area contributed by atoms with Gasteiger partial charge in [0, 0.05) is 45.3 Å². The SMILES string of the molecule is Cc1ccc(N(c2ccc(C=O)cc2)c2ccc(-c3ccc(N(c4ccc(C=O)cc4)c4ccc(C)c(C)c4)c(C)c3)cc2C)cc1C. The number of nitrogens with zero attached hydrogens (tertiary/aromatic N) is 2. The molecule has 0 N–H and O–H groups in total. The van der Waals surface area contributed by atoms with E-state index in [-0.39, 0.29) is 0 Å². The molecule has 0 spiro atoms. The molecule has 0 fully saturated rings. The molecule has 0 aliphatic rings. The molecule has 6 aromatic carbocycles. The van der Waals surface area contributed by atoms with Gasteiger partial charge in [-0.15, -0.1) is 0 Å². The Morgan fingerprint density at radius 3 is 1.02 bits per heavy atom. The van der Waals surface area contributed by atoms with Crippen molar-refractivity contribution in [3.05, 3.63) is 166 Å². The Morgan fingerprint density at radius 2 is 0.708 bits per heavy atom. The number of aryl methyl sites for hydroxylation is 6. The van der Waals surface area contributed by atoms with E-state index in [4.69, 9.17) is 0 Å². The van der Waals surface area contributed by atoms with E-state index in [2.05, 4.69) is 124 Å². The molecule has 0 saturated carbocycles. The highest BCUT2D eigenvalue weighted by Gasteiger charge is 2.18. The normalized spacial score (nSPS) is 10.9. The van der Waals surface area contributed by atoms with Crippen molar-refractivity contribution in [2.24, 2.45) is 0 Å². The summed E-state index contributed by atoms with van der Waals surface area (Å²) in [6.45, 7) is 12.8. The minimum absolute atomic E-state index is 0.652. The second-order valence-electron chi connectivity index (χ2n) is 12.6. The first-order chi connectivity index (χ1) is 23.2. The fourth-order valence-corrected chi connectivity index (χ4v) is 6.16. The first-order valence-corrected chi connectivity index (χ1v) is 16.2. The van der Waals surface area contributed by atoms with Gasteiger partial charge in [-0.1, -0.05) is 24.3 Å². The molecular weight excluding hydrogens is 588 g/mol. The maximum absolute atomic E-state index is 11.4. The lowest BCUT2D eigenvalue weighted by Gasteiger charge is -2.29. The highest BCUT2D eigenvalue weighted by Crippen LogP contribution is 2.41. The largest absolute Gasteiger partial charge is 0.310 e. The first-order valence-electron chi connectivity index (χ1n) is 16.2. The van der Waals surface area contributed by atoms with Crippen LogP contribution in [0.2, 0.25) is 0 Å². The third-order valence-electron chi connectivity index (χ3n) is 9.28. The van der Waals surface area contributed by atoms with Crippen LogP contribution < -0.4 is 9.80 Å². The van der Waals surface area contributed by atoms with Crippen LogP contribution in [-0.4, -0.2) is 12.6 Å². The molecule has 0 amide bonds. The van der Waals surface area contributed by atoms with Crippen molar-refractivity contribution in [3.8, 4) is 11.1 Å². The van der Waals surface area contributed by atoms with Gasteiger partial charge in [-0.3, -0.25) is 9.59 Å². The van der Waals surface area contributed by atoms with Crippen LogP contribution in [0.25, 0.3) is 11.1 Å². The molecule has 238 valence electrons. The second kappa shape index (κ2) is 13.5. The quantitative estimate of drug-likeness (QED) is 0.149. The monoisotopic (exact) mass is 628 g/mol. The molecule has 4 nitrogen and oxygen atoms in total. The van der Waals surface area contributed by atoms with Crippen molar-refractivity contribution in [1.29, 1.82) is 0 Å². The Balaban J connectivity index is 1.40. The van der Waals surface area contributed by atoms with Gasteiger partial charge in [0.2, 0.25) is 0 Å². The molecule has 0 unspecified atom stereocenters. The van der Waals surface area contributed by atoms with Crippen molar-refractivity contribution in [2.75, 3.05) is 9.80 Å². The lowest BCUT2D eigenvalue weighted by atomic mass is 9.98. The van der Waals surface area contributed by atoms with Gasteiger partial charge in [-0.05, 0) is 183 Å². The van der Waals surface area contributed by atoms with Gasteiger partial charge in [0.05, 0.1) is 0 Å². The lowest BCUT2D eigenvalue weighted by molar-refractivity contribution is 0.111. The fraction of sp³-hybridized carbons (Fsp3) is 0.136. The zero-order chi connectivity index (χ0) is 33.9. The van der Waals surface area contributed by atoms with Crippen LogP contribution >= 0.6 is 0 Å². The summed E-state index contributed by atoms with van der Waals surface area (Å²) in [4.78, 5) is 27.3. The Kier molecular flexibility index (Phi) is 9.09. The predicted molar refractivity (Wildman–Crippen MR) is 200 cm³/mol. The van der Waals surface area contributed by atoms with Gasteiger partial charge in [0.15, 0.2) is 0 Å². The third kappa shape index (κ3) is 6.43. The van der Waals surface area contributed by atoms with E-state index in [9.17, 15) is 9.59 Å². The van der Waals surface area contributed by atoms with E-state index in [0.717, 1.165) is 69.0 Å². The summed E-state index contributed by atoms with van der Waals surface area (Å²) in [6, 6.07) is 41.7. The van der Waals surface area contributed by atoms with E-state index in [1.807, 2.05) is 48.5 Å². The first kappa shape index (κ1) is 32.2. The van der Waals surface area contributed by atoms with Crippen LogP contribution in [-0.2, 0) is 0 Å². The van der Waals surface area contributed by atoms with Gasteiger partial charge in [-0.2, -0.15) is 0 Å². The predicted octanol–water partition coefficient (Wildman–Crippen LogP) is 11.8. The van der Waals surface area contributed by atoms with E-state index >= 15 is 0 Å². The summed E-state index contributed by atoms with van der Waals surface area (Å²) in [5.41, 5.74) is 17.1. The van der Waals surface area contributed by atoms with Crippen molar-refractivity contribution < 1.29 is 9.59 Å². The van der Waals surface area contributed by atoms with Crippen LogP contribution in [0.3, 0.4) is 0 Å². The van der Waals surface area contributed by atoms with Crippen molar-refractivity contribution in [3.63, 3.8) is 0 Å². The number of hydrogen-bond acceptors (Lipinski definition) is 4. The Hall–Kier alpha value is -5.74. The molecule has 4 heteroatoms. The maximum Gasteiger partial charge on any atom is 0.150 e. The third-order valence-corrected chi connectivity index (χ3v) is 9.28. The fourth-order valence-electron chi connectivity index (χ4n) is 6.16. The molecule has 0 aliphatic heterocycles. The minimum Gasteiger partial charge on any atom is -0.310 e. The molecule has 0 heterocycles. The molecule has 6 aromatic rings. The minimum atomic E-state index is 0.652. The van der Waals surface area contributed by atoms with Gasteiger partial charge in [0.1, 0.15) is 12.6 Å². The average molecular weight is 629 g/mol. The summed E-state index contributed by atoms with van der Waals surface area (Å²) >= 11 is 0. The molecule has 0 atom stereocenters. The number of carbonyl (C=O) groups is 2. The number of carbonyl (C=O) groups excluding carboxylic acids is 2. The van der Waals surface area contributed by atoms with E-state index in [1.54, 1.807) is 0 Å². The highest BCUT2D eigenvalue weighted by atomic mass is 16.1. The highest BCUT2D eigenvalue weighted by molar-refractivity contribution is 5.85. The van der Waals surface area contributed by atoms with Gasteiger partial charge >= 0.3 is 0 Å². The van der Waals surface area contributed by atoms with Crippen LogP contribution in [0, 0.1) is 41.5 Å². The van der Waals surface area contributed by atoms with Crippen LogP contribution in [0.4, 0.5) is 34.1 Å². The lowest BCUT2D eigenvalue weighted by Crippen LogP contribution is -2.12. The number of aldehydes is 2. The summed E-state index contributed by atoms with van der Waals surface area (Å²) in [6.07, 6.45) is 1.75. The molecule has 0 aliphatic carbocycles. The van der Waals surface area contributed by atoms with Gasteiger partial charge < -0.3 is 9.80 Å². The average Bonchev–Trinajstić information content (AvgIpc) is 3.10. The van der Waals surface area contributed by atoms with Gasteiger partial charge in [-0.25, -0.2) is 0 Å². The Bertz CT molecular complexity index is 1970. The summed E-state index contributed by atoms with van der Waals surface area (Å²) in [5, 5.41) is 0. The van der Waals surface area contributed by atoms with Crippen LogP contribution in [0.5, 0.6) is 0 Å². The summed E-state index contributed by atoms with van der Waals surface area (Å²) in [5.74, 6) is 0. The topological polar surface area (TPSA) is 40.6 Å². The van der Waals surface area contributed by atoms with E-state index in [0.29, 0.717) is 11.1 Å². The molecule has 0 saturated heterocycles. The Labute approximate surface area is 283 Å². The van der Waals surface area contributed by atoms with E-state index in [1.165, 1.54) is 22.3 Å². The van der Waals surface area contributed by atoms with Crippen molar-refractivity contribution in [1.82, 2.24) is 0 Å². The van der Waals surface area contributed by atoms with Crippen LogP contribution in [0.1, 0.15) is 54.1 Å². The number of rotatable bonds is 9. The standard InChI is InChI=1S/C44H40N2O2/c1-29-7-15-41(25-31(29)3)45(39-17-9-35(27-47)10-18-39)43-21-13-37(23-33(43)5)38-14-22-44(34(6)24-38)46(40-19-11-36(28-48)12-20-40)42-16-8-30(2)32(4)26-42/h7-28H,1-6H3. The molecular formula is C44H40N2O2. The molecule has 48 heavy (non-hydrogen) atoms. The van der Waals surface area contributed by atoms with Crippen LogP contribution in [0.15, 0.2) is 121 Å². The number of benzene rings is 6. The zero-order valence-electron chi connectivity index (χ0n) is 28.4. The van der Waals surface area contributed by atoms with E-state index < -0.39 is 0 Å². The summed E-state index contributed by atoms with van der Waals surface area (Å²) < 4.78 is 0. The summed E-state index contributed by atoms with van der Waals surface area (Å²) in [7, 11) is 0. The van der Waals surface area contributed by atoms with Gasteiger partial charge in [0.25, 0.3) is 0 Å². The Morgan fingerprint density at radius 1 is 0.354 bits per heavy atom. The maximum atomic E-state index is 11.4. The molecule has 0 radical (unpaired) electrons. The number of anilines is 6. The zero-order valence-corrected chi connectivity index (χ0v) is 28.4. The molecule has 0 aromatic heterocycles. The molecule has 0 bridgehead atoms. The molecule has 6 rings (SSSR count).